The van der Waals surface area contributed by atoms with Crippen LogP contribution < -0.4 is 5.32 Å². The molecule has 1 N–H and O–H groups in total. The van der Waals surface area contributed by atoms with Crippen molar-refractivity contribution in [2.24, 2.45) is 5.92 Å². The summed E-state index contributed by atoms with van der Waals surface area (Å²) in [4.78, 5) is 12.1. The first-order valence-corrected chi connectivity index (χ1v) is 7.42. The van der Waals surface area contributed by atoms with Gasteiger partial charge in [-0.1, -0.05) is 25.2 Å². The van der Waals surface area contributed by atoms with Gasteiger partial charge < -0.3 is 5.32 Å². The lowest BCUT2D eigenvalue weighted by Crippen LogP contribution is -2.51. The molecule has 0 radical (unpaired) electrons. The minimum atomic E-state index is -0.514. The van der Waals surface area contributed by atoms with Crippen molar-refractivity contribution in [3.05, 3.63) is 22.4 Å². The van der Waals surface area contributed by atoms with E-state index in [2.05, 4.69) is 11.2 Å². The molecule has 0 aliphatic heterocycles. The van der Waals surface area contributed by atoms with Gasteiger partial charge in [-0.2, -0.15) is 11.3 Å². The Balaban J connectivity index is 2.08. The van der Waals surface area contributed by atoms with E-state index >= 15 is 0 Å². The SMILES string of the molecule is C#C[C@@](C)(NC(=O)c1ccsc1)C1CCCCC1. The van der Waals surface area contributed by atoms with Crippen LogP contribution in [0, 0.1) is 18.3 Å². The molecule has 0 saturated heterocycles. The van der Waals surface area contributed by atoms with E-state index in [9.17, 15) is 4.79 Å². The number of hydrogen-bond acceptors (Lipinski definition) is 2. The summed E-state index contributed by atoms with van der Waals surface area (Å²) in [5.41, 5.74) is 0.191. The summed E-state index contributed by atoms with van der Waals surface area (Å²) in [7, 11) is 0. The predicted molar refractivity (Wildman–Crippen MR) is 75.6 cm³/mol. The average Bonchev–Trinajstić information content (AvgIpc) is 2.93. The van der Waals surface area contributed by atoms with Crippen LogP contribution in [0.1, 0.15) is 49.4 Å². The lowest BCUT2D eigenvalue weighted by atomic mass is 9.76. The maximum absolute atomic E-state index is 12.1. The topological polar surface area (TPSA) is 29.1 Å². The van der Waals surface area contributed by atoms with Gasteiger partial charge in [-0.05, 0) is 37.1 Å². The van der Waals surface area contributed by atoms with E-state index in [-0.39, 0.29) is 5.91 Å². The highest BCUT2D eigenvalue weighted by Gasteiger charge is 2.34. The number of hydrogen-bond donors (Lipinski definition) is 1. The predicted octanol–water partition coefficient (Wildman–Crippen LogP) is 3.45. The van der Waals surface area contributed by atoms with Crippen LogP contribution in [0.3, 0.4) is 0 Å². The summed E-state index contributed by atoms with van der Waals surface area (Å²) >= 11 is 1.52. The van der Waals surface area contributed by atoms with Crippen LogP contribution >= 0.6 is 11.3 Å². The molecule has 1 heterocycles. The number of carbonyl (C=O) groups is 1. The number of rotatable bonds is 3. The third kappa shape index (κ3) is 2.76. The molecular weight excluding hydrogens is 242 g/mol. The lowest BCUT2D eigenvalue weighted by Gasteiger charge is -2.36. The fourth-order valence-corrected chi connectivity index (χ4v) is 3.27. The van der Waals surface area contributed by atoms with Crippen LogP contribution in [0.5, 0.6) is 0 Å². The summed E-state index contributed by atoms with van der Waals surface area (Å²) < 4.78 is 0. The van der Waals surface area contributed by atoms with Crippen molar-refractivity contribution in [1.29, 1.82) is 0 Å². The Kier molecular flexibility index (Phi) is 4.08. The number of amides is 1. The molecule has 1 aromatic rings. The smallest absolute Gasteiger partial charge is 0.253 e. The largest absolute Gasteiger partial charge is 0.336 e. The molecule has 1 saturated carbocycles. The molecule has 1 atom stereocenters. The van der Waals surface area contributed by atoms with Gasteiger partial charge in [-0.25, -0.2) is 0 Å². The van der Waals surface area contributed by atoms with Gasteiger partial charge in [0, 0.05) is 5.38 Å². The Morgan fingerprint density at radius 1 is 1.50 bits per heavy atom. The van der Waals surface area contributed by atoms with Crippen molar-refractivity contribution in [3.8, 4) is 12.3 Å². The van der Waals surface area contributed by atoms with Gasteiger partial charge in [0.25, 0.3) is 5.91 Å². The highest BCUT2D eigenvalue weighted by atomic mass is 32.1. The minimum Gasteiger partial charge on any atom is -0.336 e. The molecule has 0 bridgehead atoms. The molecule has 1 aliphatic rings. The molecule has 0 aromatic carbocycles. The molecule has 0 unspecified atom stereocenters. The van der Waals surface area contributed by atoms with Gasteiger partial charge in [-0.15, -0.1) is 6.42 Å². The van der Waals surface area contributed by atoms with E-state index in [0.29, 0.717) is 11.5 Å². The van der Waals surface area contributed by atoms with Crippen molar-refractivity contribution in [2.75, 3.05) is 0 Å². The standard InChI is InChI=1S/C15H19NOS/c1-3-15(2,13-7-5-4-6-8-13)16-14(17)12-9-10-18-11-12/h1,9-11,13H,4-8H2,2H3,(H,16,17)/t15-/m1/s1. The van der Waals surface area contributed by atoms with Crippen LogP contribution in [-0.4, -0.2) is 11.4 Å². The van der Waals surface area contributed by atoms with Crippen molar-refractivity contribution >= 4 is 17.2 Å². The molecule has 2 nitrogen and oxygen atoms in total. The Hall–Kier alpha value is -1.27. The first kappa shape index (κ1) is 13.2. The van der Waals surface area contributed by atoms with E-state index in [1.165, 1.54) is 30.6 Å². The Bertz CT molecular complexity index is 440. The normalized spacial score (nSPS) is 19.8. The average molecular weight is 261 g/mol. The monoisotopic (exact) mass is 261 g/mol. The summed E-state index contributed by atoms with van der Waals surface area (Å²) in [5, 5.41) is 6.81. The van der Waals surface area contributed by atoms with Crippen LogP contribution in [0.2, 0.25) is 0 Å². The molecule has 1 aromatic heterocycles. The van der Waals surface area contributed by atoms with Crippen LogP contribution in [0.4, 0.5) is 0 Å². The fourth-order valence-electron chi connectivity index (χ4n) is 2.64. The molecule has 3 heteroatoms. The second-order valence-corrected chi connectivity index (χ2v) is 5.93. The first-order valence-electron chi connectivity index (χ1n) is 6.48. The molecule has 1 aliphatic carbocycles. The molecule has 1 amide bonds. The molecule has 0 spiro atoms. The Morgan fingerprint density at radius 2 is 2.22 bits per heavy atom. The van der Waals surface area contributed by atoms with E-state index in [0.717, 1.165) is 12.8 Å². The Labute approximate surface area is 113 Å². The van der Waals surface area contributed by atoms with Crippen LogP contribution in [0.15, 0.2) is 16.8 Å². The van der Waals surface area contributed by atoms with Gasteiger partial charge >= 0.3 is 0 Å². The highest BCUT2D eigenvalue weighted by molar-refractivity contribution is 7.08. The molecule has 96 valence electrons. The second kappa shape index (κ2) is 5.58. The van der Waals surface area contributed by atoms with Gasteiger partial charge in [-0.3, -0.25) is 4.79 Å². The van der Waals surface area contributed by atoms with E-state index in [1.54, 1.807) is 0 Å². The molecule has 1 fully saturated rings. The zero-order chi connectivity index (χ0) is 13.0. The van der Waals surface area contributed by atoms with Crippen LogP contribution in [0.25, 0.3) is 0 Å². The van der Waals surface area contributed by atoms with Gasteiger partial charge in [0.05, 0.1) is 5.56 Å². The van der Waals surface area contributed by atoms with E-state index < -0.39 is 5.54 Å². The maximum atomic E-state index is 12.1. The summed E-state index contributed by atoms with van der Waals surface area (Å²) in [6.45, 7) is 1.98. The number of terminal acetylenes is 1. The molecule has 18 heavy (non-hydrogen) atoms. The summed E-state index contributed by atoms with van der Waals surface area (Å²) in [6, 6.07) is 1.83. The summed E-state index contributed by atoms with van der Waals surface area (Å²) in [5.74, 6) is 3.16. The lowest BCUT2D eigenvalue weighted by molar-refractivity contribution is 0.0888. The van der Waals surface area contributed by atoms with Crippen molar-refractivity contribution in [2.45, 2.75) is 44.6 Å². The molecule has 2 rings (SSSR count). The van der Waals surface area contributed by atoms with E-state index in [1.807, 2.05) is 23.8 Å². The van der Waals surface area contributed by atoms with Crippen molar-refractivity contribution in [1.82, 2.24) is 5.32 Å². The first-order chi connectivity index (χ1) is 8.65. The third-order valence-electron chi connectivity index (χ3n) is 3.88. The summed E-state index contributed by atoms with van der Waals surface area (Å²) in [6.07, 6.45) is 11.6. The Morgan fingerprint density at radius 3 is 2.78 bits per heavy atom. The van der Waals surface area contributed by atoms with Gasteiger partial charge in [0.1, 0.15) is 5.54 Å². The quantitative estimate of drug-likeness (QED) is 0.830. The zero-order valence-electron chi connectivity index (χ0n) is 10.7. The van der Waals surface area contributed by atoms with Crippen molar-refractivity contribution < 1.29 is 4.79 Å². The van der Waals surface area contributed by atoms with Crippen LogP contribution in [-0.2, 0) is 0 Å². The highest BCUT2D eigenvalue weighted by Crippen LogP contribution is 2.32. The van der Waals surface area contributed by atoms with E-state index in [4.69, 9.17) is 6.42 Å². The second-order valence-electron chi connectivity index (χ2n) is 5.15. The maximum Gasteiger partial charge on any atom is 0.253 e. The van der Waals surface area contributed by atoms with Gasteiger partial charge in [0.15, 0.2) is 0 Å². The fraction of sp³-hybridized carbons (Fsp3) is 0.533. The third-order valence-corrected chi connectivity index (χ3v) is 4.56. The zero-order valence-corrected chi connectivity index (χ0v) is 11.6. The number of nitrogens with one attached hydrogen (secondary N) is 1. The number of thiophene rings is 1. The van der Waals surface area contributed by atoms with Crippen molar-refractivity contribution in [3.63, 3.8) is 0 Å². The van der Waals surface area contributed by atoms with Gasteiger partial charge in [0.2, 0.25) is 0 Å². The number of carbonyl (C=O) groups excluding carboxylic acids is 1. The minimum absolute atomic E-state index is 0.0535. The molecular formula is C15H19NOS.